The maximum absolute atomic E-state index is 12.1. The summed E-state index contributed by atoms with van der Waals surface area (Å²) in [6.07, 6.45) is 5.03. The number of nitrogens with zero attached hydrogens (tertiary/aromatic N) is 2. The number of carbonyl (C=O) groups excluding carboxylic acids is 1. The summed E-state index contributed by atoms with van der Waals surface area (Å²) >= 11 is 0. The normalized spacial score (nSPS) is 11.8. The summed E-state index contributed by atoms with van der Waals surface area (Å²) in [4.78, 5) is 16.3. The summed E-state index contributed by atoms with van der Waals surface area (Å²) in [7, 11) is 0. The van der Waals surface area contributed by atoms with E-state index in [2.05, 4.69) is 11.9 Å². The highest BCUT2D eigenvalue weighted by Crippen LogP contribution is 2.14. The largest absolute Gasteiger partial charge is 0.368 e. The molecule has 0 aliphatic carbocycles. The van der Waals surface area contributed by atoms with Crippen molar-refractivity contribution < 1.29 is 9.53 Å². The van der Waals surface area contributed by atoms with Crippen LogP contribution in [0.25, 0.3) is 0 Å². The first kappa shape index (κ1) is 13.9. The minimum Gasteiger partial charge on any atom is -0.368 e. The van der Waals surface area contributed by atoms with Gasteiger partial charge in [0, 0.05) is 25.5 Å². The van der Waals surface area contributed by atoms with Crippen LogP contribution in [0.3, 0.4) is 0 Å². The van der Waals surface area contributed by atoms with Crippen LogP contribution < -0.4 is 0 Å². The third-order valence-electron chi connectivity index (χ3n) is 2.76. The molecule has 0 bridgehead atoms. The van der Waals surface area contributed by atoms with Crippen LogP contribution in [0.2, 0.25) is 0 Å². The minimum absolute atomic E-state index is 0.0721. The Morgan fingerprint density at radius 3 is 2.76 bits per heavy atom. The number of aryl methyl sites for hydroxylation is 1. The third kappa shape index (κ3) is 3.66. The highest BCUT2D eigenvalue weighted by atomic mass is 16.5. The fourth-order valence-electron chi connectivity index (χ4n) is 1.75. The number of imidazole rings is 1. The molecule has 1 aromatic heterocycles. The van der Waals surface area contributed by atoms with Gasteiger partial charge in [0.25, 0.3) is 0 Å². The van der Waals surface area contributed by atoms with Gasteiger partial charge in [0.2, 0.25) is 0 Å². The summed E-state index contributed by atoms with van der Waals surface area (Å²) in [6.45, 7) is 9.07. The highest BCUT2D eigenvalue weighted by molar-refractivity contribution is 5.87. The van der Waals surface area contributed by atoms with E-state index in [4.69, 9.17) is 4.74 Å². The Bertz CT molecular complexity index is 369. The molecule has 0 atom stereocenters. The van der Waals surface area contributed by atoms with Gasteiger partial charge in [-0.1, -0.05) is 6.92 Å². The summed E-state index contributed by atoms with van der Waals surface area (Å²) in [6, 6.07) is 0. The molecule has 0 saturated carbocycles. The average Bonchev–Trinajstić information content (AvgIpc) is 2.66. The van der Waals surface area contributed by atoms with E-state index in [-0.39, 0.29) is 5.78 Å². The molecule has 0 aromatic carbocycles. The van der Waals surface area contributed by atoms with Crippen LogP contribution in [0.5, 0.6) is 0 Å². The summed E-state index contributed by atoms with van der Waals surface area (Å²) in [5.74, 6) is 0.896. The lowest BCUT2D eigenvalue weighted by Gasteiger charge is -2.22. The van der Waals surface area contributed by atoms with Crippen molar-refractivity contribution in [2.45, 2.75) is 52.7 Å². The number of hydrogen-bond acceptors (Lipinski definition) is 3. The number of hydrogen-bond donors (Lipinski definition) is 0. The molecule has 0 radical (unpaired) electrons. The molecule has 0 N–H and O–H groups in total. The fraction of sp³-hybridized carbons (Fsp3) is 0.692. The molecule has 96 valence electrons. The summed E-state index contributed by atoms with van der Waals surface area (Å²) in [5, 5.41) is 0. The van der Waals surface area contributed by atoms with Gasteiger partial charge >= 0.3 is 0 Å². The Morgan fingerprint density at radius 2 is 2.18 bits per heavy atom. The molecule has 0 amide bonds. The van der Waals surface area contributed by atoms with Crippen LogP contribution in [0.1, 0.15) is 39.9 Å². The molecule has 0 aliphatic heterocycles. The summed E-state index contributed by atoms with van der Waals surface area (Å²) in [5.41, 5.74) is -0.724. The first-order valence-corrected chi connectivity index (χ1v) is 6.18. The van der Waals surface area contributed by atoms with Gasteiger partial charge in [0.15, 0.2) is 5.78 Å². The molecule has 17 heavy (non-hydrogen) atoms. The number of ketones is 1. The second kappa shape index (κ2) is 5.96. The maximum Gasteiger partial charge on any atom is 0.171 e. The molecule has 4 nitrogen and oxygen atoms in total. The lowest BCUT2D eigenvalue weighted by molar-refractivity contribution is -0.139. The fourth-order valence-corrected chi connectivity index (χ4v) is 1.75. The van der Waals surface area contributed by atoms with Gasteiger partial charge in [-0.2, -0.15) is 0 Å². The Morgan fingerprint density at radius 1 is 1.47 bits per heavy atom. The van der Waals surface area contributed by atoms with Crippen molar-refractivity contribution in [3.05, 3.63) is 18.2 Å². The van der Waals surface area contributed by atoms with Gasteiger partial charge in [-0.15, -0.1) is 0 Å². The van der Waals surface area contributed by atoms with Crippen LogP contribution in [-0.4, -0.2) is 27.5 Å². The number of rotatable bonds is 7. The second-order valence-electron chi connectivity index (χ2n) is 4.58. The van der Waals surface area contributed by atoms with Crippen molar-refractivity contribution in [1.82, 2.24) is 9.55 Å². The van der Waals surface area contributed by atoms with Crippen molar-refractivity contribution in [1.29, 1.82) is 0 Å². The first-order valence-electron chi connectivity index (χ1n) is 6.18. The van der Waals surface area contributed by atoms with Gasteiger partial charge in [-0.05, 0) is 27.2 Å². The van der Waals surface area contributed by atoms with Crippen LogP contribution in [0.15, 0.2) is 12.4 Å². The Labute approximate surface area is 103 Å². The molecule has 0 fully saturated rings. The Kier molecular flexibility index (Phi) is 4.87. The van der Waals surface area contributed by atoms with Gasteiger partial charge in [-0.25, -0.2) is 4.98 Å². The zero-order valence-electron chi connectivity index (χ0n) is 11.2. The lowest BCUT2D eigenvalue weighted by atomic mass is 10.0. The lowest BCUT2D eigenvalue weighted by Crippen LogP contribution is -2.36. The van der Waals surface area contributed by atoms with Crippen molar-refractivity contribution >= 4 is 5.78 Å². The number of Topliss-reactive ketones (excluding diaryl/α,β-unsaturated/α-hetero) is 1. The van der Waals surface area contributed by atoms with E-state index < -0.39 is 5.60 Å². The van der Waals surface area contributed by atoms with E-state index >= 15 is 0 Å². The van der Waals surface area contributed by atoms with Crippen LogP contribution in [-0.2, 0) is 22.5 Å². The second-order valence-corrected chi connectivity index (χ2v) is 4.58. The number of carbonyl (C=O) groups is 1. The molecule has 4 heteroatoms. The smallest absolute Gasteiger partial charge is 0.171 e. The predicted octanol–water partition coefficient (Wildman–Crippen LogP) is 2.22. The van der Waals surface area contributed by atoms with E-state index in [9.17, 15) is 4.79 Å². The number of aromatic nitrogens is 2. The van der Waals surface area contributed by atoms with Gasteiger partial charge in [0.05, 0.1) is 6.42 Å². The Hall–Kier alpha value is -1.16. The SMILES string of the molecule is CCCn1ccnc1CC(=O)C(C)(C)OCC. The molecule has 1 rings (SSSR count). The van der Waals surface area contributed by atoms with Gasteiger partial charge in [-0.3, -0.25) is 4.79 Å². The third-order valence-corrected chi connectivity index (χ3v) is 2.76. The zero-order chi connectivity index (χ0) is 12.9. The van der Waals surface area contributed by atoms with E-state index in [1.54, 1.807) is 6.20 Å². The molecule has 1 heterocycles. The van der Waals surface area contributed by atoms with Crippen molar-refractivity contribution in [3.8, 4) is 0 Å². The number of ether oxygens (including phenoxy) is 1. The van der Waals surface area contributed by atoms with Gasteiger partial charge in [0.1, 0.15) is 11.4 Å². The Balaban J connectivity index is 2.70. The molecule has 0 saturated heterocycles. The quantitative estimate of drug-likeness (QED) is 0.731. The van der Waals surface area contributed by atoms with Crippen molar-refractivity contribution in [2.75, 3.05) is 6.61 Å². The monoisotopic (exact) mass is 238 g/mol. The minimum atomic E-state index is -0.724. The van der Waals surface area contributed by atoms with Crippen LogP contribution in [0.4, 0.5) is 0 Å². The maximum atomic E-state index is 12.1. The van der Waals surface area contributed by atoms with Crippen molar-refractivity contribution in [2.24, 2.45) is 0 Å². The molecule has 0 unspecified atom stereocenters. The average molecular weight is 238 g/mol. The standard InChI is InChI=1S/C13H22N2O2/c1-5-8-15-9-7-14-12(15)10-11(16)13(3,4)17-6-2/h7,9H,5-6,8,10H2,1-4H3. The van der Waals surface area contributed by atoms with E-state index in [1.807, 2.05) is 31.5 Å². The van der Waals surface area contributed by atoms with Crippen molar-refractivity contribution in [3.63, 3.8) is 0 Å². The molecule has 0 aliphatic rings. The van der Waals surface area contributed by atoms with E-state index in [0.717, 1.165) is 18.8 Å². The molecular formula is C13H22N2O2. The van der Waals surface area contributed by atoms with Gasteiger partial charge < -0.3 is 9.30 Å². The molecule has 0 spiro atoms. The first-order chi connectivity index (χ1) is 8.01. The molecular weight excluding hydrogens is 216 g/mol. The topological polar surface area (TPSA) is 44.1 Å². The van der Waals surface area contributed by atoms with Crippen LogP contribution in [0, 0.1) is 0 Å². The van der Waals surface area contributed by atoms with Crippen LogP contribution >= 0.6 is 0 Å². The predicted molar refractivity (Wildman–Crippen MR) is 66.9 cm³/mol. The molecule has 1 aromatic rings. The highest BCUT2D eigenvalue weighted by Gasteiger charge is 2.28. The summed E-state index contributed by atoms with van der Waals surface area (Å²) < 4.78 is 7.48. The van der Waals surface area contributed by atoms with E-state index in [0.29, 0.717) is 13.0 Å². The van der Waals surface area contributed by atoms with E-state index in [1.165, 1.54) is 0 Å². The zero-order valence-corrected chi connectivity index (χ0v) is 11.2.